The van der Waals surface area contributed by atoms with Gasteiger partial charge in [0.05, 0.1) is 16.6 Å². The first-order valence-electron chi connectivity index (χ1n) is 5.05. The predicted molar refractivity (Wildman–Crippen MR) is 66.5 cm³/mol. The highest BCUT2D eigenvalue weighted by atomic mass is 32.1. The molecule has 3 aromatic rings. The van der Waals surface area contributed by atoms with Crippen molar-refractivity contribution in [2.45, 2.75) is 0 Å². The highest BCUT2D eigenvalue weighted by Gasteiger charge is 2.13. The molecule has 0 unspecified atom stereocenters. The van der Waals surface area contributed by atoms with E-state index < -0.39 is 0 Å². The summed E-state index contributed by atoms with van der Waals surface area (Å²) in [5.74, 6) is 0.795. The standard InChI is InChI=1S/C12H8N4S/c1-16-10-4-2-3-8(5-13)11(10)15-12(16)9-6-17-7-14-9/h2-4,6-7H,1H3. The largest absolute Gasteiger partial charge is 0.326 e. The highest BCUT2D eigenvalue weighted by Crippen LogP contribution is 2.25. The molecule has 0 amide bonds. The molecule has 2 aromatic heterocycles. The van der Waals surface area contributed by atoms with Gasteiger partial charge in [-0.2, -0.15) is 5.26 Å². The minimum Gasteiger partial charge on any atom is -0.326 e. The van der Waals surface area contributed by atoms with Gasteiger partial charge in [0.2, 0.25) is 0 Å². The summed E-state index contributed by atoms with van der Waals surface area (Å²) in [7, 11) is 1.94. The van der Waals surface area contributed by atoms with E-state index in [0.717, 1.165) is 22.6 Å². The Morgan fingerprint density at radius 1 is 1.41 bits per heavy atom. The fourth-order valence-corrected chi connectivity index (χ4v) is 2.39. The fourth-order valence-electron chi connectivity index (χ4n) is 1.86. The molecule has 82 valence electrons. The number of thiazole rings is 1. The van der Waals surface area contributed by atoms with Gasteiger partial charge in [0.1, 0.15) is 17.3 Å². The van der Waals surface area contributed by atoms with E-state index in [4.69, 9.17) is 5.26 Å². The summed E-state index contributed by atoms with van der Waals surface area (Å²) in [5, 5.41) is 11.0. The monoisotopic (exact) mass is 240 g/mol. The Labute approximate surface area is 102 Å². The summed E-state index contributed by atoms with van der Waals surface area (Å²) in [6.45, 7) is 0. The Hall–Kier alpha value is -2.19. The number of rotatable bonds is 1. The zero-order valence-electron chi connectivity index (χ0n) is 9.08. The molecule has 4 nitrogen and oxygen atoms in total. The number of hydrogen-bond acceptors (Lipinski definition) is 4. The minimum absolute atomic E-state index is 0.597. The van der Waals surface area contributed by atoms with E-state index >= 15 is 0 Å². The van der Waals surface area contributed by atoms with Crippen molar-refractivity contribution in [1.29, 1.82) is 5.26 Å². The Balaban J connectivity index is 2.37. The topological polar surface area (TPSA) is 54.5 Å². The van der Waals surface area contributed by atoms with Crippen LogP contribution in [0.25, 0.3) is 22.6 Å². The number of imidazole rings is 1. The Bertz CT molecular complexity index is 719. The van der Waals surface area contributed by atoms with Crippen LogP contribution in [0.3, 0.4) is 0 Å². The molecular formula is C12H8N4S. The smallest absolute Gasteiger partial charge is 0.160 e. The van der Waals surface area contributed by atoms with Crippen LogP contribution in [0, 0.1) is 11.3 Å². The third kappa shape index (κ3) is 1.42. The second-order valence-corrected chi connectivity index (χ2v) is 4.37. The predicted octanol–water partition coefficient (Wildman–Crippen LogP) is 2.57. The minimum atomic E-state index is 0.597. The number of hydrogen-bond donors (Lipinski definition) is 0. The van der Waals surface area contributed by atoms with Gasteiger partial charge in [-0.15, -0.1) is 11.3 Å². The molecule has 0 saturated carbocycles. The molecule has 0 fully saturated rings. The summed E-state index contributed by atoms with van der Waals surface area (Å²) in [6.07, 6.45) is 0. The van der Waals surface area contributed by atoms with E-state index in [1.807, 2.05) is 29.1 Å². The summed E-state index contributed by atoms with van der Waals surface area (Å²) in [4.78, 5) is 8.76. The molecule has 2 heterocycles. The van der Waals surface area contributed by atoms with Crippen molar-refractivity contribution in [2.75, 3.05) is 0 Å². The van der Waals surface area contributed by atoms with Gasteiger partial charge in [-0.1, -0.05) is 6.07 Å². The van der Waals surface area contributed by atoms with Crippen LogP contribution in [0.15, 0.2) is 29.1 Å². The number of nitrogens with zero attached hydrogens (tertiary/aromatic N) is 4. The van der Waals surface area contributed by atoms with Gasteiger partial charge in [0, 0.05) is 12.4 Å². The Kier molecular flexibility index (Phi) is 2.16. The first-order chi connectivity index (χ1) is 8.31. The van der Waals surface area contributed by atoms with Crippen LogP contribution in [0.2, 0.25) is 0 Å². The summed E-state index contributed by atoms with van der Waals surface area (Å²) < 4.78 is 1.96. The summed E-state index contributed by atoms with van der Waals surface area (Å²) in [6, 6.07) is 7.77. The van der Waals surface area contributed by atoms with Gasteiger partial charge in [0.15, 0.2) is 5.82 Å². The molecule has 0 spiro atoms. The molecule has 0 aliphatic heterocycles. The average Bonchev–Trinajstić information content (AvgIpc) is 2.97. The molecule has 0 radical (unpaired) electrons. The van der Waals surface area contributed by atoms with E-state index in [0.29, 0.717) is 5.56 Å². The van der Waals surface area contributed by atoms with Crippen molar-refractivity contribution >= 4 is 22.4 Å². The first-order valence-corrected chi connectivity index (χ1v) is 5.99. The Morgan fingerprint density at radius 3 is 3.00 bits per heavy atom. The average molecular weight is 240 g/mol. The summed E-state index contributed by atoms with van der Waals surface area (Å²) in [5.41, 5.74) is 4.91. The second-order valence-electron chi connectivity index (χ2n) is 3.65. The molecule has 5 heteroatoms. The van der Waals surface area contributed by atoms with Crippen molar-refractivity contribution in [3.63, 3.8) is 0 Å². The van der Waals surface area contributed by atoms with Gasteiger partial charge in [0.25, 0.3) is 0 Å². The van der Waals surface area contributed by atoms with Gasteiger partial charge >= 0.3 is 0 Å². The van der Waals surface area contributed by atoms with E-state index in [9.17, 15) is 0 Å². The molecule has 1 aromatic carbocycles. The molecule has 0 saturated heterocycles. The number of aromatic nitrogens is 3. The van der Waals surface area contributed by atoms with Crippen LogP contribution in [0.1, 0.15) is 5.56 Å². The van der Waals surface area contributed by atoms with Gasteiger partial charge in [-0.25, -0.2) is 9.97 Å². The van der Waals surface area contributed by atoms with Gasteiger partial charge < -0.3 is 4.57 Å². The number of benzene rings is 1. The van der Waals surface area contributed by atoms with Crippen molar-refractivity contribution in [1.82, 2.24) is 14.5 Å². The first kappa shape index (κ1) is 10.00. The second kappa shape index (κ2) is 3.68. The number of fused-ring (bicyclic) bond motifs is 1. The fraction of sp³-hybridized carbons (Fsp3) is 0.0833. The van der Waals surface area contributed by atoms with Crippen LogP contribution in [0.4, 0.5) is 0 Å². The normalized spacial score (nSPS) is 10.6. The number of para-hydroxylation sites is 1. The van der Waals surface area contributed by atoms with Crippen molar-refractivity contribution in [3.8, 4) is 17.6 Å². The maximum atomic E-state index is 9.05. The van der Waals surface area contributed by atoms with E-state index in [2.05, 4.69) is 16.0 Å². The third-order valence-corrected chi connectivity index (χ3v) is 3.28. The van der Waals surface area contributed by atoms with Gasteiger partial charge in [-0.05, 0) is 12.1 Å². The zero-order chi connectivity index (χ0) is 11.8. The maximum absolute atomic E-state index is 9.05. The van der Waals surface area contributed by atoms with Crippen LogP contribution in [-0.2, 0) is 7.05 Å². The lowest BCUT2D eigenvalue weighted by molar-refractivity contribution is 0.953. The maximum Gasteiger partial charge on any atom is 0.160 e. The van der Waals surface area contributed by atoms with E-state index in [-0.39, 0.29) is 0 Å². The highest BCUT2D eigenvalue weighted by molar-refractivity contribution is 7.07. The quantitative estimate of drug-likeness (QED) is 0.657. The van der Waals surface area contributed by atoms with Crippen LogP contribution >= 0.6 is 11.3 Å². The molecule has 0 aliphatic carbocycles. The van der Waals surface area contributed by atoms with E-state index in [1.165, 1.54) is 11.3 Å². The van der Waals surface area contributed by atoms with Crippen molar-refractivity contribution in [2.24, 2.45) is 7.05 Å². The lowest BCUT2D eigenvalue weighted by Crippen LogP contribution is -1.91. The van der Waals surface area contributed by atoms with E-state index in [1.54, 1.807) is 11.6 Å². The SMILES string of the molecule is Cn1c(-c2cscn2)nc2c(C#N)cccc21. The van der Waals surface area contributed by atoms with Crippen molar-refractivity contribution < 1.29 is 0 Å². The molecule has 3 rings (SSSR count). The molecular weight excluding hydrogens is 232 g/mol. The van der Waals surface area contributed by atoms with Crippen molar-refractivity contribution in [3.05, 3.63) is 34.7 Å². The zero-order valence-corrected chi connectivity index (χ0v) is 9.90. The lowest BCUT2D eigenvalue weighted by atomic mass is 10.2. The van der Waals surface area contributed by atoms with Gasteiger partial charge in [-0.3, -0.25) is 0 Å². The molecule has 0 N–H and O–H groups in total. The lowest BCUT2D eigenvalue weighted by Gasteiger charge is -1.97. The molecule has 0 atom stereocenters. The third-order valence-electron chi connectivity index (χ3n) is 2.69. The molecule has 0 aliphatic rings. The van der Waals surface area contributed by atoms with Crippen LogP contribution in [0.5, 0.6) is 0 Å². The number of nitriles is 1. The number of aryl methyl sites for hydroxylation is 1. The Morgan fingerprint density at radius 2 is 2.29 bits per heavy atom. The summed E-state index contributed by atoms with van der Waals surface area (Å²) >= 11 is 1.53. The van der Waals surface area contributed by atoms with Crippen LogP contribution in [-0.4, -0.2) is 14.5 Å². The molecule has 0 bridgehead atoms. The van der Waals surface area contributed by atoms with Crippen LogP contribution < -0.4 is 0 Å². The molecule has 17 heavy (non-hydrogen) atoms.